The summed E-state index contributed by atoms with van der Waals surface area (Å²) in [5.41, 5.74) is 12.2. The van der Waals surface area contributed by atoms with Gasteiger partial charge in [-0.05, 0) is 112 Å². The van der Waals surface area contributed by atoms with E-state index in [2.05, 4.69) is 78.9 Å². The summed E-state index contributed by atoms with van der Waals surface area (Å²) in [5, 5.41) is 3.72. The fourth-order valence-corrected chi connectivity index (χ4v) is 6.88. The summed E-state index contributed by atoms with van der Waals surface area (Å²) in [5.74, 6) is -0.534. The molecule has 0 spiro atoms. The van der Waals surface area contributed by atoms with Crippen LogP contribution in [-0.4, -0.2) is 60.3 Å². The molecule has 48 heavy (non-hydrogen) atoms. The van der Waals surface area contributed by atoms with Crippen LogP contribution in [0.3, 0.4) is 0 Å². The van der Waals surface area contributed by atoms with E-state index < -0.39 is 0 Å². The second kappa shape index (κ2) is 14.3. The SMILES string of the molecule is COC(=O)CCc1c2[nH]c(c1C)C=c1[nH]c(c(C)c1[C@H](C)OC)=Cc1[nH]c(c(C)c1[C@H](C)OC)C=c1[nH]c(c(CCC(=O)OC)c1C)=C2. The normalized spacial score (nSPS) is 13.5. The van der Waals surface area contributed by atoms with Crippen molar-refractivity contribution in [3.05, 3.63) is 88.7 Å². The average molecular weight is 657 g/mol. The second-order valence-corrected chi connectivity index (χ2v) is 12.6. The van der Waals surface area contributed by atoms with Crippen molar-refractivity contribution < 1.29 is 28.5 Å². The lowest BCUT2D eigenvalue weighted by atomic mass is 10.0. The third-order valence-corrected chi connectivity index (χ3v) is 9.93. The molecule has 0 radical (unpaired) electrons. The molecular weight excluding hydrogens is 608 g/mol. The molecule has 4 aromatic rings. The van der Waals surface area contributed by atoms with Crippen LogP contribution in [0.5, 0.6) is 0 Å². The molecule has 0 aromatic carbocycles. The lowest BCUT2D eigenvalue weighted by Crippen LogP contribution is -2.15. The third kappa shape index (κ3) is 6.59. The minimum Gasteiger partial charge on any atom is -0.469 e. The molecule has 0 amide bonds. The largest absolute Gasteiger partial charge is 0.469 e. The van der Waals surface area contributed by atoms with Crippen molar-refractivity contribution in [2.45, 2.75) is 79.4 Å². The van der Waals surface area contributed by atoms with E-state index in [1.165, 1.54) is 14.2 Å². The molecular formula is C38H48N4O6. The Morgan fingerprint density at radius 1 is 0.542 bits per heavy atom. The Labute approximate surface area is 280 Å². The van der Waals surface area contributed by atoms with Crippen LogP contribution in [0.1, 0.15) is 106 Å². The summed E-state index contributed by atoms with van der Waals surface area (Å²) in [6.45, 7) is 12.5. The van der Waals surface area contributed by atoms with E-state index in [-0.39, 0.29) is 37.0 Å². The van der Waals surface area contributed by atoms with Crippen molar-refractivity contribution in [2.75, 3.05) is 28.4 Å². The quantitative estimate of drug-likeness (QED) is 0.170. The topological polar surface area (TPSA) is 134 Å². The molecule has 0 unspecified atom stereocenters. The molecule has 4 aromatic heterocycles. The molecule has 8 bridgehead atoms. The van der Waals surface area contributed by atoms with Gasteiger partial charge in [0.2, 0.25) is 0 Å². The fraction of sp³-hybridized carbons (Fsp3) is 0.421. The molecule has 5 heterocycles. The molecule has 5 rings (SSSR count). The highest BCUT2D eigenvalue weighted by atomic mass is 16.5. The van der Waals surface area contributed by atoms with Crippen LogP contribution in [0.25, 0.3) is 24.3 Å². The fourth-order valence-electron chi connectivity index (χ4n) is 6.88. The van der Waals surface area contributed by atoms with Gasteiger partial charge in [0.15, 0.2) is 0 Å². The molecule has 0 saturated carbocycles. The van der Waals surface area contributed by atoms with Crippen LogP contribution >= 0.6 is 0 Å². The molecule has 0 fully saturated rings. The van der Waals surface area contributed by atoms with E-state index in [1.54, 1.807) is 14.2 Å². The number of H-pyrrole nitrogens is 4. The number of ether oxygens (including phenoxy) is 4. The number of carbonyl (C=O) groups is 2. The number of hydrogen-bond acceptors (Lipinski definition) is 6. The summed E-state index contributed by atoms with van der Waals surface area (Å²) in [6, 6.07) is 0. The van der Waals surface area contributed by atoms with E-state index in [9.17, 15) is 9.59 Å². The molecule has 4 N–H and O–H groups in total. The summed E-state index contributed by atoms with van der Waals surface area (Å²) in [4.78, 5) is 39.2. The van der Waals surface area contributed by atoms with Crippen molar-refractivity contribution in [1.29, 1.82) is 0 Å². The maximum atomic E-state index is 12.3. The van der Waals surface area contributed by atoms with Crippen LogP contribution in [0.2, 0.25) is 0 Å². The molecule has 10 heteroatoms. The van der Waals surface area contributed by atoms with Gasteiger partial charge in [0, 0.05) is 82.4 Å². The lowest BCUT2D eigenvalue weighted by Gasteiger charge is -2.11. The minimum absolute atomic E-state index is 0.150. The number of hydrogen-bond donors (Lipinski definition) is 4. The Morgan fingerprint density at radius 3 is 1.65 bits per heavy atom. The van der Waals surface area contributed by atoms with Gasteiger partial charge >= 0.3 is 11.9 Å². The number of rotatable bonds is 10. The first kappa shape index (κ1) is 34.8. The van der Waals surface area contributed by atoms with Crippen molar-refractivity contribution in [2.24, 2.45) is 0 Å². The molecule has 1 aliphatic rings. The highest BCUT2D eigenvalue weighted by Crippen LogP contribution is 2.29. The van der Waals surface area contributed by atoms with Gasteiger partial charge in [-0.2, -0.15) is 0 Å². The van der Waals surface area contributed by atoms with Crippen molar-refractivity contribution in [1.82, 2.24) is 19.9 Å². The number of methoxy groups -OCH3 is 4. The van der Waals surface area contributed by atoms with Crippen molar-refractivity contribution in [3.63, 3.8) is 0 Å². The summed E-state index contributed by atoms with van der Waals surface area (Å²) in [6.07, 6.45) is 9.66. The Kier molecular flexibility index (Phi) is 10.4. The van der Waals surface area contributed by atoms with Gasteiger partial charge in [-0.1, -0.05) is 0 Å². The minimum atomic E-state index is -0.268. The number of nitrogens with one attached hydrogen (secondary N) is 4. The Balaban J connectivity index is 1.91. The first-order valence-electron chi connectivity index (χ1n) is 16.4. The first-order valence-corrected chi connectivity index (χ1v) is 16.4. The van der Waals surface area contributed by atoms with E-state index >= 15 is 0 Å². The Hall–Kier alpha value is -4.54. The van der Waals surface area contributed by atoms with Gasteiger partial charge in [-0.3, -0.25) is 9.59 Å². The van der Waals surface area contributed by atoms with E-state index in [0.717, 1.165) is 88.7 Å². The molecule has 256 valence electrons. The van der Waals surface area contributed by atoms with Gasteiger partial charge in [-0.15, -0.1) is 0 Å². The summed E-state index contributed by atoms with van der Waals surface area (Å²) >= 11 is 0. The smallest absolute Gasteiger partial charge is 0.305 e. The maximum Gasteiger partial charge on any atom is 0.305 e. The highest BCUT2D eigenvalue weighted by Gasteiger charge is 2.21. The Bertz CT molecular complexity index is 2110. The first-order chi connectivity index (χ1) is 22.9. The van der Waals surface area contributed by atoms with Crippen LogP contribution in [-0.2, 0) is 41.4 Å². The molecule has 10 nitrogen and oxygen atoms in total. The van der Waals surface area contributed by atoms with Crippen LogP contribution in [0.15, 0.2) is 0 Å². The Morgan fingerprint density at radius 2 is 1.02 bits per heavy atom. The molecule has 1 aliphatic heterocycles. The van der Waals surface area contributed by atoms with Crippen molar-refractivity contribution >= 4 is 36.2 Å². The monoisotopic (exact) mass is 656 g/mol. The summed E-state index contributed by atoms with van der Waals surface area (Å²) in [7, 11) is 6.26. The predicted molar refractivity (Wildman–Crippen MR) is 186 cm³/mol. The number of aromatic amines is 4. The highest BCUT2D eigenvalue weighted by molar-refractivity contribution is 5.71. The van der Waals surface area contributed by atoms with Crippen LogP contribution < -0.4 is 21.4 Å². The van der Waals surface area contributed by atoms with E-state index in [4.69, 9.17) is 18.9 Å². The molecule has 0 aliphatic carbocycles. The molecule has 0 saturated heterocycles. The third-order valence-electron chi connectivity index (χ3n) is 9.93. The summed E-state index contributed by atoms with van der Waals surface area (Å²) < 4.78 is 21.7. The molecule has 2 atom stereocenters. The van der Waals surface area contributed by atoms with Gasteiger partial charge in [0.05, 0.1) is 26.4 Å². The number of fused-ring (bicyclic) bond motifs is 8. The predicted octanol–water partition coefficient (Wildman–Crippen LogP) is 3.49. The van der Waals surface area contributed by atoms with Crippen molar-refractivity contribution in [3.8, 4) is 0 Å². The zero-order chi connectivity index (χ0) is 34.9. The lowest BCUT2D eigenvalue weighted by molar-refractivity contribution is -0.141. The van der Waals surface area contributed by atoms with E-state index in [1.807, 2.05) is 6.92 Å². The van der Waals surface area contributed by atoms with Crippen LogP contribution in [0, 0.1) is 27.7 Å². The zero-order valence-corrected chi connectivity index (χ0v) is 29.7. The van der Waals surface area contributed by atoms with Crippen LogP contribution in [0.4, 0.5) is 0 Å². The van der Waals surface area contributed by atoms with Gasteiger partial charge in [0.25, 0.3) is 0 Å². The average Bonchev–Trinajstić information content (AvgIpc) is 3.74. The zero-order valence-electron chi connectivity index (χ0n) is 29.7. The number of esters is 2. The number of aromatic nitrogens is 4. The second-order valence-electron chi connectivity index (χ2n) is 12.6. The number of carbonyl (C=O) groups excluding carboxylic acids is 2. The standard InChI is InChI=1S/C38H48N4O6/c1-19-25(11-13-35(43)47-9)31-18-32-26(12-14-36(44)48-10)20(2)28(40-32)16-33-38(24(6)46-8)22(4)30(42-33)17-34-37(23(5)45-7)21(3)29(41-34)15-27(19)39-31/h15-18,23-24,39-42H,11-14H2,1-10H3/t23-,24-/m0/s1. The van der Waals surface area contributed by atoms with Gasteiger partial charge in [0.1, 0.15) is 0 Å². The van der Waals surface area contributed by atoms with E-state index in [0.29, 0.717) is 12.8 Å². The maximum absolute atomic E-state index is 12.3. The van der Waals surface area contributed by atoms with Gasteiger partial charge in [-0.25, -0.2) is 0 Å². The van der Waals surface area contributed by atoms with Gasteiger partial charge < -0.3 is 38.9 Å².